The number of rotatable bonds is 6. The lowest BCUT2D eigenvalue weighted by Crippen LogP contribution is -2.53. The Bertz CT molecular complexity index is 1240. The second-order valence-corrected chi connectivity index (χ2v) is 10.0. The van der Waals surface area contributed by atoms with Crippen LogP contribution in [0.5, 0.6) is 0 Å². The summed E-state index contributed by atoms with van der Waals surface area (Å²) in [5.74, 6) is -0.683. The van der Waals surface area contributed by atoms with Crippen molar-refractivity contribution < 1.29 is 14.0 Å². The van der Waals surface area contributed by atoms with Crippen LogP contribution in [0.25, 0.3) is 0 Å². The molecule has 5 rings (SSSR count). The average molecular weight is 487 g/mol. The van der Waals surface area contributed by atoms with Crippen LogP contribution >= 0.6 is 0 Å². The van der Waals surface area contributed by atoms with Gasteiger partial charge in [-0.1, -0.05) is 47.5 Å². The summed E-state index contributed by atoms with van der Waals surface area (Å²) in [6.45, 7) is 6.87. The molecule has 186 valence electrons. The summed E-state index contributed by atoms with van der Waals surface area (Å²) >= 11 is 0. The van der Waals surface area contributed by atoms with Crippen LogP contribution in [-0.2, 0) is 23.4 Å². The Hall–Kier alpha value is -3.58. The van der Waals surface area contributed by atoms with Crippen LogP contribution in [0.3, 0.4) is 0 Å². The average Bonchev–Trinajstić information content (AvgIpc) is 3.11. The molecule has 1 aromatic heterocycles. The highest BCUT2D eigenvalue weighted by Crippen LogP contribution is 2.41. The van der Waals surface area contributed by atoms with E-state index in [4.69, 9.17) is 0 Å². The van der Waals surface area contributed by atoms with Gasteiger partial charge in [0.1, 0.15) is 5.82 Å². The molecule has 7 heteroatoms. The molecule has 6 nitrogen and oxygen atoms in total. The van der Waals surface area contributed by atoms with Crippen LogP contribution in [0.15, 0.2) is 67.0 Å². The molecule has 0 radical (unpaired) electrons. The zero-order valence-corrected chi connectivity index (χ0v) is 20.7. The Morgan fingerprint density at radius 1 is 0.972 bits per heavy atom. The van der Waals surface area contributed by atoms with Gasteiger partial charge < -0.3 is 5.32 Å². The van der Waals surface area contributed by atoms with Gasteiger partial charge in [-0.05, 0) is 75.0 Å². The lowest BCUT2D eigenvalue weighted by Gasteiger charge is -2.41. The fourth-order valence-corrected chi connectivity index (χ4v) is 5.76. The van der Waals surface area contributed by atoms with Crippen LogP contribution < -0.4 is 5.32 Å². The Labute approximate surface area is 211 Å². The highest BCUT2D eigenvalue weighted by atomic mass is 19.1. The number of pyridine rings is 1. The van der Waals surface area contributed by atoms with E-state index in [1.54, 1.807) is 30.6 Å². The molecule has 3 heterocycles. The van der Waals surface area contributed by atoms with Crippen LogP contribution in [0.2, 0.25) is 0 Å². The fraction of sp³-hybridized carbons (Fsp3) is 0.345. The first kappa shape index (κ1) is 24.1. The van der Waals surface area contributed by atoms with Gasteiger partial charge in [0.15, 0.2) is 5.54 Å². The van der Waals surface area contributed by atoms with Crippen LogP contribution in [-0.4, -0.2) is 39.8 Å². The second kappa shape index (κ2) is 9.82. The zero-order valence-electron chi connectivity index (χ0n) is 20.7. The monoisotopic (exact) mass is 486 g/mol. The third-order valence-corrected chi connectivity index (χ3v) is 7.39. The number of benzene rings is 2. The number of aryl methyl sites for hydroxylation is 2. The van der Waals surface area contributed by atoms with E-state index in [0.29, 0.717) is 11.1 Å². The number of aromatic nitrogens is 1. The Balaban J connectivity index is 1.37. The van der Waals surface area contributed by atoms with Crippen molar-refractivity contribution in [3.05, 3.63) is 101 Å². The minimum absolute atomic E-state index is 0.0631. The van der Waals surface area contributed by atoms with Crippen molar-refractivity contribution in [2.75, 3.05) is 13.1 Å². The summed E-state index contributed by atoms with van der Waals surface area (Å²) in [7, 11) is 0. The van der Waals surface area contributed by atoms with Gasteiger partial charge in [-0.3, -0.25) is 19.6 Å². The number of halogens is 1. The van der Waals surface area contributed by atoms with E-state index in [1.807, 2.05) is 6.07 Å². The van der Waals surface area contributed by atoms with Crippen LogP contribution in [0, 0.1) is 25.6 Å². The fourth-order valence-electron chi connectivity index (χ4n) is 5.76. The number of likely N-dealkylation sites (tertiary alicyclic amines) is 1. The summed E-state index contributed by atoms with van der Waals surface area (Å²) in [4.78, 5) is 35.1. The third-order valence-electron chi connectivity index (χ3n) is 7.39. The predicted molar refractivity (Wildman–Crippen MR) is 135 cm³/mol. The summed E-state index contributed by atoms with van der Waals surface area (Å²) < 4.78 is 13.4. The minimum atomic E-state index is -1.16. The highest BCUT2D eigenvalue weighted by molar-refractivity contribution is 6.07. The Morgan fingerprint density at radius 3 is 2.31 bits per heavy atom. The van der Waals surface area contributed by atoms with Crippen molar-refractivity contribution >= 4 is 11.9 Å². The highest BCUT2D eigenvalue weighted by Gasteiger charge is 2.57. The SMILES string of the molecule is Cc1cc(C)cc(CN2CCC(C3(c4cccnc4)NC(=O)N(Cc4ccc(F)cc4)C3=O)CC2)c1. The summed E-state index contributed by atoms with van der Waals surface area (Å²) in [5, 5.41) is 3.07. The molecule has 0 aliphatic carbocycles. The van der Waals surface area contributed by atoms with Gasteiger partial charge in [0.2, 0.25) is 0 Å². The first-order valence-electron chi connectivity index (χ1n) is 12.4. The quantitative estimate of drug-likeness (QED) is 0.513. The third kappa shape index (κ3) is 4.63. The number of hydrogen-bond acceptors (Lipinski definition) is 4. The molecule has 2 aliphatic rings. The molecule has 3 aromatic rings. The normalized spacial score (nSPS) is 21.1. The second-order valence-electron chi connectivity index (χ2n) is 10.0. The van der Waals surface area contributed by atoms with E-state index < -0.39 is 11.6 Å². The number of urea groups is 1. The number of amides is 3. The molecule has 2 aromatic carbocycles. The lowest BCUT2D eigenvalue weighted by molar-refractivity contribution is -0.135. The van der Waals surface area contributed by atoms with Crippen molar-refractivity contribution in [1.29, 1.82) is 0 Å². The van der Waals surface area contributed by atoms with Crippen molar-refractivity contribution in [3.63, 3.8) is 0 Å². The molecule has 2 fully saturated rings. The largest absolute Gasteiger partial charge is 0.325 e. The minimum Gasteiger partial charge on any atom is -0.319 e. The molecular weight excluding hydrogens is 455 g/mol. The molecule has 1 atom stereocenters. The molecule has 0 bridgehead atoms. The number of carbonyl (C=O) groups is 2. The maximum atomic E-state index is 14.0. The van der Waals surface area contributed by atoms with Crippen molar-refractivity contribution in [2.45, 2.75) is 45.3 Å². The van der Waals surface area contributed by atoms with Gasteiger partial charge in [0.05, 0.1) is 6.54 Å². The van der Waals surface area contributed by atoms with Crippen LogP contribution in [0.4, 0.5) is 9.18 Å². The van der Waals surface area contributed by atoms with Gasteiger partial charge in [-0.2, -0.15) is 0 Å². The molecule has 3 amide bonds. The topological polar surface area (TPSA) is 65.5 Å². The van der Waals surface area contributed by atoms with E-state index in [1.165, 1.54) is 33.7 Å². The van der Waals surface area contributed by atoms with Crippen LogP contribution in [0.1, 0.15) is 40.7 Å². The lowest BCUT2D eigenvalue weighted by atomic mass is 9.73. The van der Waals surface area contributed by atoms with E-state index in [2.05, 4.69) is 47.2 Å². The molecule has 2 saturated heterocycles. The Kier molecular flexibility index (Phi) is 6.58. The number of nitrogens with zero attached hydrogens (tertiary/aromatic N) is 3. The number of imide groups is 1. The van der Waals surface area contributed by atoms with Gasteiger partial charge in [0.25, 0.3) is 5.91 Å². The number of hydrogen-bond donors (Lipinski definition) is 1. The first-order chi connectivity index (χ1) is 17.3. The summed E-state index contributed by atoms with van der Waals surface area (Å²) in [6, 6.07) is 15.8. The molecule has 36 heavy (non-hydrogen) atoms. The maximum Gasteiger partial charge on any atom is 0.325 e. The molecular formula is C29H31FN4O2. The smallest absolute Gasteiger partial charge is 0.319 e. The van der Waals surface area contributed by atoms with Crippen molar-refractivity contribution in [1.82, 2.24) is 20.1 Å². The summed E-state index contributed by atoms with van der Waals surface area (Å²) in [6.07, 6.45) is 4.90. The van der Waals surface area contributed by atoms with Crippen molar-refractivity contribution in [3.8, 4) is 0 Å². The van der Waals surface area contributed by atoms with Gasteiger partial charge in [0, 0.05) is 24.5 Å². The standard InChI is InChI=1S/C29H31FN4O2/c1-20-14-21(2)16-23(15-20)18-33-12-9-24(10-13-33)29(25-4-3-11-31-17-25)27(35)34(28(36)32-29)19-22-5-7-26(30)8-6-22/h3-8,11,14-17,24H,9-10,12-13,18-19H2,1-2H3,(H,32,36). The number of carbonyl (C=O) groups excluding carboxylic acids is 2. The van der Waals surface area contributed by atoms with Gasteiger partial charge >= 0.3 is 6.03 Å². The van der Waals surface area contributed by atoms with E-state index in [-0.39, 0.29) is 24.2 Å². The first-order valence-corrected chi connectivity index (χ1v) is 12.4. The molecule has 2 aliphatic heterocycles. The van der Waals surface area contributed by atoms with Crippen molar-refractivity contribution in [2.24, 2.45) is 5.92 Å². The molecule has 1 unspecified atom stereocenters. The number of piperidine rings is 1. The molecule has 1 N–H and O–H groups in total. The predicted octanol–water partition coefficient (Wildman–Crippen LogP) is 4.70. The van der Waals surface area contributed by atoms with E-state index >= 15 is 0 Å². The summed E-state index contributed by atoms with van der Waals surface area (Å²) in [5.41, 5.74) is 4.07. The van der Waals surface area contributed by atoms with Gasteiger partial charge in [-0.15, -0.1) is 0 Å². The maximum absolute atomic E-state index is 14.0. The molecule has 0 saturated carbocycles. The van der Waals surface area contributed by atoms with Gasteiger partial charge in [-0.25, -0.2) is 9.18 Å². The molecule has 0 spiro atoms. The number of nitrogens with one attached hydrogen (secondary N) is 1. The van der Waals surface area contributed by atoms with E-state index in [9.17, 15) is 14.0 Å². The van der Waals surface area contributed by atoms with E-state index in [0.717, 1.165) is 32.5 Å². The Morgan fingerprint density at radius 2 is 1.67 bits per heavy atom. The zero-order chi connectivity index (χ0) is 25.3.